The van der Waals surface area contributed by atoms with Gasteiger partial charge in [0.05, 0.1) is 18.8 Å². The lowest BCUT2D eigenvalue weighted by Crippen LogP contribution is -2.44. The predicted molar refractivity (Wildman–Crippen MR) is 70.2 cm³/mol. The molecule has 0 aromatic heterocycles. The Kier molecular flexibility index (Phi) is 4.40. The highest BCUT2D eigenvalue weighted by atomic mass is 79.9. The molecule has 0 saturated carbocycles. The Morgan fingerprint density at radius 1 is 1.39 bits per heavy atom. The van der Waals surface area contributed by atoms with Crippen molar-refractivity contribution < 1.29 is 20.1 Å². The Hall–Kier alpha value is -0.460. The minimum atomic E-state index is -0.971. The Bertz CT molecular complexity index is 423. The lowest BCUT2D eigenvalue weighted by molar-refractivity contribution is -0.179. The number of ether oxygens (including phenoxy) is 1. The predicted octanol–water partition coefficient (Wildman–Crippen LogP) is 1.30. The first kappa shape index (κ1) is 14.0. The molecule has 4 atom stereocenters. The fraction of sp³-hybridized carbons (Fsp3) is 0.538. The lowest BCUT2D eigenvalue weighted by Gasteiger charge is -2.37. The second-order valence-electron chi connectivity index (χ2n) is 4.61. The van der Waals surface area contributed by atoms with Crippen LogP contribution in [0.3, 0.4) is 0 Å². The summed E-state index contributed by atoms with van der Waals surface area (Å²) in [5, 5.41) is 29.0. The topological polar surface area (TPSA) is 69.9 Å². The van der Waals surface area contributed by atoms with Crippen LogP contribution < -0.4 is 0 Å². The second kappa shape index (κ2) is 5.67. The Labute approximate surface area is 114 Å². The number of aliphatic hydroxyl groups excluding tert-OH is 3. The Morgan fingerprint density at radius 3 is 2.78 bits per heavy atom. The van der Waals surface area contributed by atoms with E-state index >= 15 is 0 Å². The molecule has 1 aromatic rings. The molecule has 1 aliphatic rings. The van der Waals surface area contributed by atoms with E-state index in [9.17, 15) is 10.2 Å². The van der Waals surface area contributed by atoms with Gasteiger partial charge in [-0.3, -0.25) is 0 Å². The molecule has 3 N–H and O–H groups in total. The quantitative estimate of drug-likeness (QED) is 0.769. The third-order valence-electron chi connectivity index (χ3n) is 3.37. The second-order valence-corrected chi connectivity index (χ2v) is 5.46. The molecule has 0 radical (unpaired) electrons. The number of benzene rings is 1. The van der Waals surface area contributed by atoms with Crippen molar-refractivity contribution in [3.05, 3.63) is 33.8 Å². The van der Waals surface area contributed by atoms with Gasteiger partial charge in [0, 0.05) is 10.9 Å². The maximum absolute atomic E-state index is 10.0. The highest BCUT2D eigenvalue weighted by Gasteiger charge is 2.38. The van der Waals surface area contributed by atoms with Crippen LogP contribution in [0.5, 0.6) is 0 Å². The molecule has 18 heavy (non-hydrogen) atoms. The molecule has 4 nitrogen and oxygen atoms in total. The smallest absolute Gasteiger partial charge is 0.112 e. The first-order chi connectivity index (χ1) is 8.54. The average molecular weight is 317 g/mol. The zero-order valence-electron chi connectivity index (χ0n) is 10.1. The first-order valence-corrected chi connectivity index (χ1v) is 6.71. The van der Waals surface area contributed by atoms with Gasteiger partial charge in [-0.25, -0.2) is 0 Å². The molecule has 0 bridgehead atoms. The molecule has 0 unspecified atom stereocenters. The van der Waals surface area contributed by atoms with Crippen molar-refractivity contribution in [2.24, 2.45) is 0 Å². The summed E-state index contributed by atoms with van der Waals surface area (Å²) in [5.41, 5.74) is 1.79. The van der Waals surface area contributed by atoms with Gasteiger partial charge < -0.3 is 20.1 Å². The van der Waals surface area contributed by atoms with Crippen LogP contribution in [0.4, 0.5) is 0 Å². The minimum absolute atomic E-state index is 0.159. The highest BCUT2D eigenvalue weighted by molar-refractivity contribution is 9.10. The van der Waals surface area contributed by atoms with Crippen molar-refractivity contribution in [3.63, 3.8) is 0 Å². The maximum Gasteiger partial charge on any atom is 0.112 e. The maximum atomic E-state index is 10.0. The van der Waals surface area contributed by atoms with Gasteiger partial charge in [0.25, 0.3) is 0 Å². The molecule has 1 saturated heterocycles. The van der Waals surface area contributed by atoms with Gasteiger partial charge in [-0.1, -0.05) is 28.1 Å². The standard InChI is InChI=1S/C13H17BrO4/c1-7-9(3-2-4-10(7)14)13-12(17)11(16)5-8(6-15)18-13/h2-4,8,11-13,15-17H,5-6H2,1H3/t8-,11-,12-,13+/m0/s1. The van der Waals surface area contributed by atoms with Gasteiger partial charge in [-0.15, -0.1) is 0 Å². The first-order valence-electron chi connectivity index (χ1n) is 5.92. The van der Waals surface area contributed by atoms with Crippen LogP contribution in [0.15, 0.2) is 22.7 Å². The summed E-state index contributed by atoms with van der Waals surface area (Å²) in [6, 6.07) is 5.63. The van der Waals surface area contributed by atoms with E-state index in [0.717, 1.165) is 15.6 Å². The fourth-order valence-electron chi connectivity index (χ4n) is 2.26. The van der Waals surface area contributed by atoms with Gasteiger partial charge in [0.2, 0.25) is 0 Å². The number of hydrogen-bond acceptors (Lipinski definition) is 4. The summed E-state index contributed by atoms with van der Waals surface area (Å²) < 4.78 is 6.59. The third-order valence-corrected chi connectivity index (χ3v) is 4.23. The largest absolute Gasteiger partial charge is 0.394 e. The summed E-state index contributed by atoms with van der Waals surface area (Å²) in [4.78, 5) is 0. The summed E-state index contributed by atoms with van der Waals surface area (Å²) in [6.07, 6.45) is -2.64. The van der Waals surface area contributed by atoms with Crippen molar-refractivity contribution in [2.75, 3.05) is 6.61 Å². The molecular formula is C13H17BrO4. The molecule has 1 fully saturated rings. The number of aliphatic hydroxyl groups is 3. The lowest BCUT2D eigenvalue weighted by atomic mass is 9.91. The normalized spacial score (nSPS) is 32.5. The van der Waals surface area contributed by atoms with Crippen LogP contribution in [0.25, 0.3) is 0 Å². The van der Waals surface area contributed by atoms with Crippen molar-refractivity contribution in [3.8, 4) is 0 Å². The van der Waals surface area contributed by atoms with E-state index in [0.29, 0.717) is 0 Å². The van der Waals surface area contributed by atoms with Crippen LogP contribution in [0, 0.1) is 6.92 Å². The number of hydrogen-bond donors (Lipinski definition) is 3. The summed E-state index contributed by atoms with van der Waals surface area (Å²) in [7, 11) is 0. The van der Waals surface area contributed by atoms with Gasteiger partial charge >= 0.3 is 0 Å². The Balaban J connectivity index is 2.32. The molecule has 1 aromatic carbocycles. The van der Waals surface area contributed by atoms with Crippen molar-refractivity contribution in [1.82, 2.24) is 0 Å². The van der Waals surface area contributed by atoms with E-state index < -0.39 is 24.4 Å². The fourth-order valence-corrected chi connectivity index (χ4v) is 2.64. The van der Waals surface area contributed by atoms with E-state index in [1.807, 2.05) is 25.1 Å². The van der Waals surface area contributed by atoms with Crippen LogP contribution >= 0.6 is 15.9 Å². The van der Waals surface area contributed by atoms with Crippen molar-refractivity contribution in [2.45, 2.75) is 37.8 Å². The Morgan fingerprint density at radius 2 is 2.11 bits per heavy atom. The molecule has 1 heterocycles. The molecule has 5 heteroatoms. The molecule has 0 spiro atoms. The van der Waals surface area contributed by atoms with E-state index in [-0.39, 0.29) is 13.0 Å². The van der Waals surface area contributed by atoms with Gasteiger partial charge in [-0.2, -0.15) is 0 Å². The zero-order chi connectivity index (χ0) is 13.3. The van der Waals surface area contributed by atoms with Crippen LogP contribution in [-0.2, 0) is 4.74 Å². The molecule has 0 amide bonds. The van der Waals surface area contributed by atoms with Gasteiger partial charge in [-0.05, 0) is 24.1 Å². The van der Waals surface area contributed by atoms with E-state index in [2.05, 4.69) is 15.9 Å². The van der Waals surface area contributed by atoms with E-state index in [1.54, 1.807) is 0 Å². The SMILES string of the molecule is Cc1c(Br)cccc1[C@H]1O[C@H](CO)C[C@H](O)[C@@H]1O. The molecule has 100 valence electrons. The van der Waals surface area contributed by atoms with Crippen molar-refractivity contribution >= 4 is 15.9 Å². The zero-order valence-corrected chi connectivity index (χ0v) is 11.7. The summed E-state index contributed by atoms with van der Waals surface area (Å²) >= 11 is 3.43. The molecular weight excluding hydrogens is 300 g/mol. The average Bonchev–Trinajstić information content (AvgIpc) is 2.36. The monoisotopic (exact) mass is 316 g/mol. The number of rotatable bonds is 2. The summed E-state index contributed by atoms with van der Waals surface area (Å²) in [6.45, 7) is 1.76. The molecule has 1 aliphatic heterocycles. The minimum Gasteiger partial charge on any atom is -0.394 e. The van der Waals surface area contributed by atoms with E-state index in [1.165, 1.54) is 0 Å². The van der Waals surface area contributed by atoms with Crippen LogP contribution in [-0.4, -0.2) is 40.2 Å². The third kappa shape index (κ3) is 2.60. The van der Waals surface area contributed by atoms with Crippen molar-refractivity contribution in [1.29, 1.82) is 0 Å². The van der Waals surface area contributed by atoms with Crippen LogP contribution in [0.2, 0.25) is 0 Å². The molecule has 2 rings (SSSR count). The van der Waals surface area contributed by atoms with E-state index in [4.69, 9.17) is 9.84 Å². The number of halogens is 1. The highest BCUT2D eigenvalue weighted by Crippen LogP contribution is 2.35. The van der Waals surface area contributed by atoms with Crippen LogP contribution in [0.1, 0.15) is 23.7 Å². The molecule has 0 aliphatic carbocycles. The van der Waals surface area contributed by atoms with Gasteiger partial charge in [0.1, 0.15) is 12.2 Å². The van der Waals surface area contributed by atoms with Gasteiger partial charge in [0.15, 0.2) is 0 Å². The summed E-state index contributed by atoms with van der Waals surface area (Å²) in [5.74, 6) is 0.